The van der Waals surface area contributed by atoms with Gasteiger partial charge in [-0.25, -0.2) is 4.79 Å². The van der Waals surface area contributed by atoms with Gasteiger partial charge in [-0.2, -0.15) is 0 Å². The average molecular weight is 294 g/mol. The summed E-state index contributed by atoms with van der Waals surface area (Å²) < 4.78 is 10.8. The van der Waals surface area contributed by atoms with Crippen molar-refractivity contribution in [2.24, 2.45) is 0 Å². The molecule has 0 N–H and O–H groups in total. The number of nitrogens with zero attached hydrogens (tertiary/aromatic N) is 2. The number of carbonyl (C=O) groups is 1. The molecule has 0 aliphatic carbocycles. The van der Waals surface area contributed by atoms with Gasteiger partial charge in [0.1, 0.15) is 0 Å². The summed E-state index contributed by atoms with van der Waals surface area (Å²) in [6.07, 6.45) is 6.57. The second kappa shape index (κ2) is 5.81. The third-order valence-electron chi connectivity index (χ3n) is 3.24. The Hall–Kier alpha value is -2.95. The number of ether oxygens (including phenoxy) is 2. The number of hydrogen-bond donors (Lipinski definition) is 0. The number of carbonyl (C=O) groups excluding carboxylic acids is 1. The maximum Gasteiger partial charge on any atom is 0.345 e. The highest BCUT2D eigenvalue weighted by Gasteiger charge is 2.14. The van der Waals surface area contributed by atoms with Crippen LogP contribution in [0.5, 0.6) is 11.5 Å². The molecule has 0 aliphatic rings. The number of hydrogen-bond acceptors (Lipinski definition) is 5. The molecule has 0 saturated heterocycles. The minimum atomic E-state index is -0.474. The summed E-state index contributed by atoms with van der Waals surface area (Å²) >= 11 is 0. The molecule has 5 nitrogen and oxygen atoms in total. The smallest absolute Gasteiger partial charge is 0.345 e. The van der Waals surface area contributed by atoms with Crippen LogP contribution < -0.4 is 9.47 Å². The predicted molar refractivity (Wildman–Crippen MR) is 82.2 cm³/mol. The molecular weight excluding hydrogens is 280 g/mol. The summed E-state index contributed by atoms with van der Waals surface area (Å²) in [6, 6.07) is 7.15. The third-order valence-corrected chi connectivity index (χ3v) is 3.24. The van der Waals surface area contributed by atoms with E-state index in [0.29, 0.717) is 17.1 Å². The molecule has 0 spiro atoms. The first-order valence-electron chi connectivity index (χ1n) is 6.73. The maximum absolute atomic E-state index is 12.2. The SMILES string of the molecule is COc1cc2ccncc2cc1OC(=O)c1cncc(C)c1. The summed E-state index contributed by atoms with van der Waals surface area (Å²) in [5.74, 6) is 0.375. The Kier molecular flexibility index (Phi) is 3.70. The zero-order valence-electron chi connectivity index (χ0n) is 12.2. The van der Waals surface area contributed by atoms with Crippen molar-refractivity contribution < 1.29 is 14.3 Å². The number of aryl methyl sites for hydroxylation is 1. The van der Waals surface area contributed by atoms with Gasteiger partial charge in [-0.3, -0.25) is 9.97 Å². The van der Waals surface area contributed by atoms with Gasteiger partial charge in [0, 0.05) is 30.2 Å². The molecule has 3 rings (SSSR count). The number of aromatic nitrogens is 2. The monoisotopic (exact) mass is 294 g/mol. The second-order valence-electron chi connectivity index (χ2n) is 4.87. The van der Waals surface area contributed by atoms with Crippen LogP contribution in [0.3, 0.4) is 0 Å². The Morgan fingerprint density at radius 3 is 2.59 bits per heavy atom. The highest BCUT2D eigenvalue weighted by Crippen LogP contribution is 2.32. The fourth-order valence-corrected chi connectivity index (χ4v) is 2.16. The Balaban J connectivity index is 1.97. The second-order valence-corrected chi connectivity index (χ2v) is 4.87. The largest absolute Gasteiger partial charge is 0.493 e. The van der Waals surface area contributed by atoms with Gasteiger partial charge in [-0.15, -0.1) is 0 Å². The van der Waals surface area contributed by atoms with Crippen molar-refractivity contribution in [1.29, 1.82) is 0 Å². The topological polar surface area (TPSA) is 61.3 Å². The van der Waals surface area contributed by atoms with Crippen molar-refractivity contribution in [1.82, 2.24) is 9.97 Å². The minimum absolute atomic E-state index is 0.356. The van der Waals surface area contributed by atoms with Crippen LogP contribution in [0.1, 0.15) is 15.9 Å². The van der Waals surface area contributed by atoms with Crippen LogP contribution in [0, 0.1) is 6.92 Å². The predicted octanol–water partition coefficient (Wildman–Crippen LogP) is 3.17. The van der Waals surface area contributed by atoms with Crippen molar-refractivity contribution in [2.75, 3.05) is 7.11 Å². The Morgan fingerprint density at radius 1 is 1.00 bits per heavy atom. The first-order chi connectivity index (χ1) is 10.7. The van der Waals surface area contributed by atoms with Crippen LogP contribution >= 0.6 is 0 Å². The zero-order chi connectivity index (χ0) is 15.5. The molecule has 0 atom stereocenters. The van der Waals surface area contributed by atoms with Gasteiger partial charge in [0.2, 0.25) is 0 Å². The molecule has 110 valence electrons. The molecule has 3 aromatic rings. The van der Waals surface area contributed by atoms with E-state index < -0.39 is 5.97 Å². The molecule has 0 radical (unpaired) electrons. The van der Waals surface area contributed by atoms with Crippen LogP contribution in [0.25, 0.3) is 10.8 Å². The average Bonchev–Trinajstić information content (AvgIpc) is 2.54. The van der Waals surface area contributed by atoms with E-state index in [1.807, 2.05) is 19.1 Å². The molecule has 5 heteroatoms. The van der Waals surface area contributed by atoms with Crippen LogP contribution in [0.15, 0.2) is 49.1 Å². The van der Waals surface area contributed by atoms with Crippen LogP contribution in [0.2, 0.25) is 0 Å². The lowest BCUT2D eigenvalue weighted by Gasteiger charge is -2.10. The standard InChI is InChI=1S/C17H14N2O3/c1-11-5-14(10-19-8-11)17(20)22-16-7-13-9-18-4-3-12(13)6-15(16)21-2/h3-10H,1-2H3. The fraction of sp³-hybridized carbons (Fsp3) is 0.118. The van der Waals surface area contributed by atoms with Crippen LogP contribution in [-0.2, 0) is 0 Å². The van der Waals surface area contributed by atoms with Gasteiger partial charge in [0.05, 0.1) is 12.7 Å². The Labute approximate surface area is 127 Å². The summed E-state index contributed by atoms with van der Waals surface area (Å²) in [4.78, 5) is 20.3. The normalized spacial score (nSPS) is 10.5. The van der Waals surface area contributed by atoms with Crippen molar-refractivity contribution in [3.63, 3.8) is 0 Å². The zero-order valence-corrected chi connectivity index (χ0v) is 12.2. The molecule has 2 heterocycles. The highest BCUT2D eigenvalue weighted by molar-refractivity contribution is 5.92. The van der Waals surface area contributed by atoms with E-state index in [0.717, 1.165) is 16.3 Å². The molecule has 0 saturated carbocycles. The number of methoxy groups -OCH3 is 1. The summed E-state index contributed by atoms with van der Waals surface area (Å²) in [5, 5.41) is 1.83. The van der Waals surface area contributed by atoms with Crippen molar-refractivity contribution in [3.8, 4) is 11.5 Å². The molecule has 1 aromatic carbocycles. The Bertz CT molecular complexity index is 846. The first kappa shape index (κ1) is 14.0. The molecule has 22 heavy (non-hydrogen) atoms. The van der Waals surface area contributed by atoms with E-state index in [4.69, 9.17) is 9.47 Å². The number of pyridine rings is 2. The highest BCUT2D eigenvalue weighted by atomic mass is 16.6. The van der Waals surface area contributed by atoms with E-state index in [-0.39, 0.29) is 0 Å². The number of esters is 1. The fourth-order valence-electron chi connectivity index (χ4n) is 2.16. The van der Waals surface area contributed by atoms with Crippen molar-refractivity contribution in [3.05, 3.63) is 60.2 Å². The summed E-state index contributed by atoms with van der Waals surface area (Å²) in [5.41, 5.74) is 1.29. The lowest BCUT2D eigenvalue weighted by Crippen LogP contribution is -2.10. The molecule has 0 bridgehead atoms. The number of rotatable bonds is 3. The van der Waals surface area contributed by atoms with Gasteiger partial charge < -0.3 is 9.47 Å². The van der Waals surface area contributed by atoms with Gasteiger partial charge in [-0.05, 0) is 42.1 Å². The molecule has 0 fully saturated rings. The van der Waals surface area contributed by atoms with Crippen molar-refractivity contribution in [2.45, 2.75) is 6.92 Å². The van der Waals surface area contributed by atoms with Crippen LogP contribution in [-0.4, -0.2) is 23.0 Å². The number of fused-ring (bicyclic) bond motifs is 1. The number of benzene rings is 1. The molecule has 2 aromatic heterocycles. The third kappa shape index (κ3) is 2.74. The van der Waals surface area contributed by atoms with E-state index in [9.17, 15) is 4.79 Å². The van der Waals surface area contributed by atoms with E-state index in [1.54, 1.807) is 30.7 Å². The summed E-state index contributed by atoms with van der Waals surface area (Å²) in [7, 11) is 1.54. The van der Waals surface area contributed by atoms with Gasteiger partial charge >= 0.3 is 5.97 Å². The maximum atomic E-state index is 12.2. The first-order valence-corrected chi connectivity index (χ1v) is 6.73. The van der Waals surface area contributed by atoms with E-state index in [1.165, 1.54) is 13.3 Å². The Morgan fingerprint density at radius 2 is 1.82 bits per heavy atom. The van der Waals surface area contributed by atoms with Gasteiger partial charge in [-0.1, -0.05) is 0 Å². The van der Waals surface area contributed by atoms with E-state index in [2.05, 4.69) is 9.97 Å². The van der Waals surface area contributed by atoms with Crippen LogP contribution in [0.4, 0.5) is 0 Å². The lowest BCUT2D eigenvalue weighted by molar-refractivity contribution is 0.0729. The minimum Gasteiger partial charge on any atom is -0.493 e. The van der Waals surface area contributed by atoms with Crippen molar-refractivity contribution >= 4 is 16.7 Å². The quantitative estimate of drug-likeness (QED) is 0.548. The molecule has 0 amide bonds. The summed E-state index contributed by atoms with van der Waals surface area (Å²) in [6.45, 7) is 1.87. The molecule has 0 unspecified atom stereocenters. The molecular formula is C17H14N2O3. The van der Waals surface area contributed by atoms with Gasteiger partial charge in [0.15, 0.2) is 11.5 Å². The van der Waals surface area contributed by atoms with Gasteiger partial charge in [0.25, 0.3) is 0 Å². The van der Waals surface area contributed by atoms with E-state index >= 15 is 0 Å². The molecule has 0 aliphatic heterocycles. The lowest BCUT2D eigenvalue weighted by atomic mass is 10.1.